The maximum absolute atomic E-state index is 13.1. The zero-order chi connectivity index (χ0) is 22.3. The lowest BCUT2D eigenvalue weighted by Crippen LogP contribution is -2.50. The average molecular weight is 747 g/mol. The Hall–Kier alpha value is -0.340. The van der Waals surface area contributed by atoms with Crippen LogP contribution in [0.3, 0.4) is 0 Å². The van der Waals surface area contributed by atoms with Crippen LogP contribution < -0.4 is 10.7 Å². The van der Waals surface area contributed by atoms with E-state index in [0.29, 0.717) is 10.7 Å². The Morgan fingerprint density at radius 3 is 2.10 bits per heavy atom. The van der Waals surface area contributed by atoms with Crippen molar-refractivity contribution in [2.75, 3.05) is 26.3 Å². The highest BCUT2D eigenvalue weighted by molar-refractivity contribution is 14.1. The molecule has 0 saturated carbocycles. The van der Waals surface area contributed by atoms with Gasteiger partial charge in [-0.25, -0.2) is 5.01 Å². The molecule has 29 heavy (non-hydrogen) atoms. The molecular formula is C16H20I3N3O7. The van der Waals surface area contributed by atoms with Crippen LogP contribution in [0.1, 0.15) is 27.6 Å². The third kappa shape index (κ3) is 7.69. The van der Waals surface area contributed by atoms with Gasteiger partial charge in [-0.2, -0.15) is 0 Å². The summed E-state index contributed by atoms with van der Waals surface area (Å²) < 4.78 is 1.39. The number of hydrogen-bond acceptors (Lipinski definition) is 7. The third-order valence-corrected chi connectivity index (χ3v) is 6.24. The monoisotopic (exact) mass is 747 g/mol. The number of hydrogen-bond donors (Lipinski definition) is 6. The highest BCUT2D eigenvalue weighted by Crippen LogP contribution is 2.28. The normalized spacial score (nSPS) is 12.8. The SMILES string of the molecule is CC(=O)NN(CC(O)CO)C(=O)c1c(I)cc(I)c(C(=O)NCC(O)CO)c1I. The van der Waals surface area contributed by atoms with Crippen LogP contribution >= 0.6 is 67.8 Å². The summed E-state index contributed by atoms with van der Waals surface area (Å²) in [5.74, 6) is -1.75. The van der Waals surface area contributed by atoms with E-state index in [0.717, 1.165) is 5.01 Å². The molecule has 1 aromatic carbocycles. The van der Waals surface area contributed by atoms with Crippen LogP contribution in [0.25, 0.3) is 0 Å². The molecule has 10 nitrogen and oxygen atoms in total. The first-order chi connectivity index (χ1) is 13.5. The first-order valence-corrected chi connectivity index (χ1v) is 11.4. The van der Waals surface area contributed by atoms with Crippen molar-refractivity contribution in [2.45, 2.75) is 19.1 Å². The minimum absolute atomic E-state index is 0.137. The Morgan fingerprint density at radius 2 is 1.59 bits per heavy atom. The maximum atomic E-state index is 13.1. The first-order valence-electron chi connectivity index (χ1n) is 8.16. The van der Waals surface area contributed by atoms with Gasteiger partial charge in [-0.1, -0.05) is 0 Å². The summed E-state index contributed by atoms with van der Waals surface area (Å²) in [4.78, 5) is 37.1. The van der Waals surface area contributed by atoms with Crippen LogP contribution in [0.2, 0.25) is 0 Å². The molecule has 2 unspecified atom stereocenters. The molecule has 0 aliphatic rings. The van der Waals surface area contributed by atoms with Crippen LogP contribution in [0, 0.1) is 10.7 Å². The highest BCUT2D eigenvalue weighted by atomic mass is 127. The molecule has 0 aliphatic heterocycles. The second-order valence-electron chi connectivity index (χ2n) is 5.87. The van der Waals surface area contributed by atoms with E-state index >= 15 is 0 Å². The van der Waals surface area contributed by atoms with Crippen LogP contribution in [-0.2, 0) is 4.79 Å². The van der Waals surface area contributed by atoms with Crippen molar-refractivity contribution in [3.63, 3.8) is 0 Å². The van der Waals surface area contributed by atoms with E-state index in [4.69, 9.17) is 10.2 Å². The number of amides is 3. The van der Waals surface area contributed by atoms with E-state index in [9.17, 15) is 24.6 Å². The topological polar surface area (TPSA) is 159 Å². The predicted molar refractivity (Wildman–Crippen MR) is 128 cm³/mol. The standard InChI is InChI=1S/C16H20I3N3O7/c1-7(25)21-22(4-9(27)6-24)16(29)13-11(18)2-10(17)12(14(13)19)15(28)20-3-8(26)5-23/h2,8-9,23-24,26-27H,3-6H2,1H3,(H,20,28)(H,21,25). The number of benzene rings is 1. The van der Waals surface area contributed by atoms with Gasteiger partial charge in [0.25, 0.3) is 11.8 Å². The van der Waals surface area contributed by atoms with Gasteiger partial charge in [-0.15, -0.1) is 0 Å². The van der Waals surface area contributed by atoms with Crippen molar-refractivity contribution in [1.82, 2.24) is 15.8 Å². The van der Waals surface area contributed by atoms with Crippen molar-refractivity contribution in [2.24, 2.45) is 0 Å². The van der Waals surface area contributed by atoms with Crippen LogP contribution in [-0.4, -0.2) is 81.7 Å². The van der Waals surface area contributed by atoms with Gasteiger partial charge >= 0.3 is 0 Å². The summed E-state index contributed by atoms with van der Waals surface area (Å²) in [6.45, 7) is -0.440. The van der Waals surface area contributed by atoms with Crippen molar-refractivity contribution in [3.05, 3.63) is 27.9 Å². The van der Waals surface area contributed by atoms with Crippen molar-refractivity contribution in [3.8, 4) is 0 Å². The van der Waals surface area contributed by atoms with Gasteiger partial charge in [0.05, 0.1) is 43.1 Å². The number of nitrogens with one attached hydrogen (secondary N) is 2. The molecule has 3 amide bonds. The summed E-state index contributed by atoms with van der Waals surface area (Å²) in [7, 11) is 0. The summed E-state index contributed by atoms with van der Waals surface area (Å²) >= 11 is 5.72. The second-order valence-corrected chi connectivity index (χ2v) is 9.27. The fourth-order valence-electron chi connectivity index (χ4n) is 2.13. The Bertz CT molecular complexity index is 779. The molecule has 0 spiro atoms. The zero-order valence-corrected chi connectivity index (χ0v) is 21.6. The van der Waals surface area contributed by atoms with E-state index in [1.54, 1.807) is 6.07 Å². The minimum Gasteiger partial charge on any atom is -0.394 e. The van der Waals surface area contributed by atoms with Gasteiger partial charge in [-0.05, 0) is 73.8 Å². The molecule has 13 heteroatoms. The number of hydrazine groups is 1. The Kier molecular flexibility index (Phi) is 11.5. The van der Waals surface area contributed by atoms with E-state index in [1.165, 1.54) is 6.92 Å². The van der Waals surface area contributed by atoms with Gasteiger partial charge in [-0.3, -0.25) is 19.8 Å². The molecule has 2 atom stereocenters. The largest absolute Gasteiger partial charge is 0.394 e. The molecular weight excluding hydrogens is 727 g/mol. The van der Waals surface area contributed by atoms with Crippen LogP contribution in [0.4, 0.5) is 0 Å². The first kappa shape index (κ1) is 26.7. The molecule has 0 radical (unpaired) electrons. The third-order valence-electron chi connectivity index (χ3n) is 3.46. The molecule has 0 bridgehead atoms. The quantitative estimate of drug-likeness (QED) is 0.154. The molecule has 6 N–H and O–H groups in total. The molecule has 0 saturated heterocycles. The Morgan fingerprint density at radius 1 is 1.03 bits per heavy atom. The number of carbonyl (C=O) groups is 3. The van der Waals surface area contributed by atoms with Gasteiger partial charge < -0.3 is 25.7 Å². The second kappa shape index (κ2) is 12.5. The number of rotatable bonds is 8. The molecule has 1 rings (SSSR count). The van der Waals surface area contributed by atoms with E-state index in [1.807, 2.05) is 67.8 Å². The van der Waals surface area contributed by atoms with Crippen molar-refractivity contribution >= 4 is 85.5 Å². The fraction of sp³-hybridized carbons (Fsp3) is 0.438. The number of aliphatic hydroxyl groups is 4. The number of aliphatic hydroxyl groups excluding tert-OH is 4. The number of halogens is 3. The predicted octanol–water partition coefficient (Wildman–Crippen LogP) is -0.570. The number of nitrogens with zero attached hydrogens (tertiary/aromatic N) is 1. The molecule has 0 aliphatic carbocycles. The average Bonchev–Trinajstić information content (AvgIpc) is 2.64. The van der Waals surface area contributed by atoms with Crippen LogP contribution in [0.15, 0.2) is 6.07 Å². The molecule has 0 aromatic heterocycles. The lowest BCUT2D eigenvalue weighted by atomic mass is 10.1. The Balaban J connectivity index is 3.33. The van der Waals surface area contributed by atoms with Gasteiger partial charge in [0.2, 0.25) is 5.91 Å². The number of carbonyl (C=O) groups excluding carboxylic acids is 3. The Labute approximate surface area is 207 Å². The molecule has 0 fully saturated rings. The summed E-state index contributed by atoms with van der Waals surface area (Å²) in [6.07, 6.45) is -2.39. The lowest BCUT2D eigenvalue weighted by molar-refractivity contribution is -0.123. The van der Waals surface area contributed by atoms with Gasteiger partial charge in [0.1, 0.15) is 0 Å². The summed E-state index contributed by atoms with van der Waals surface area (Å²) in [5.41, 5.74) is 2.65. The zero-order valence-electron chi connectivity index (χ0n) is 15.2. The van der Waals surface area contributed by atoms with E-state index in [-0.39, 0.29) is 24.2 Å². The van der Waals surface area contributed by atoms with E-state index < -0.39 is 43.1 Å². The van der Waals surface area contributed by atoms with E-state index in [2.05, 4.69) is 10.7 Å². The smallest absolute Gasteiger partial charge is 0.274 e. The van der Waals surface area contributed by atoms with Gasteiger partial charge in [0.15, 0.2) is 0 Å². The highest BCUT2D eigenvalue weighted by Gasteiger charge is 2.28. The van der Waals surface area contributed by atoms with Gasteiger partial charge in [0, 0.05) is 24.2 Å². The van der Waals surface area contributed by atoms with Crippen LogP contribution in [0.5, 0.6) is 0 Å². The minimum atomic E-state index is -1.27. The van der Waals surface area contributed by atoms with Crippen molar-refractivity contribution < 1.29 is 34.8 Å². The summed E-state index contributed by atoms with van der Waals surface area (Å²) in [5, 5.41) is 40.4. The van der Waals surface area contributed by atoms with Crippen molar-refractivity contribution in [1.29, 1.82) is 0 Å². The fourth-order valence-corrected chi connectivity index (χ4v) is 6.45. The molecule has 1 aromatic rings. The maximum Gasteiger partial charge on any atom is 0.274 e. The molecule has 162 valence electrons. The summed E-state index contributed by atoms with van der Waals surface area (Å²) in [6, 6.07) is 1.61. The molecule has 0 heterocycles. The lowest BCUT2D eigenvalue weighted by Gasteiger charge is -2.26.